The molecule has 0 bridgehead atoms. The molecule has 0 radical (unpaired) electrons. The minimum atomic E-state index is -0.571. The predicted octanol–water partition coefficient (Wildman–Crippen LogP) is 2.15. The van der Waals surface area contributed by atoms with Crippen molar-refractivity contribution in [1.29, 1.82) is 0 Å². The molecule has 0 spiro atoms. The standard InChI is InChI=1S/C15H21ClN2O3/c1-2-21-15(20)18-8-6-17(7-9-18)11-14(19)12-4-3-5-13(16)10-12/h3-5,10,14,19H,2,6-9,11H2,1H3/t14-/m0/s1. The second-order valence-corrected chi connectivity index (χ2v) is 5.49. The van der Waals surface area contributed by atoms with Crippen molar-refractivity contribution in [3.63, 3.8) is 0 Å². The van der Waals surface area contributed by atoms with E-state index in [1.807, 2.05) is 12.1 Å². The van der Waals surface area contributed by atoms with Crippen LogP contribution in [0, 0.1) is 0 Å². The van der Waals surface area contributed by atoms with E-state index in [-0.39, 0.29) is 6.09 Å². The Balaban J connectivity index is 1.82. The Kier molecular flexibility index (Phi) is 5.85. The first kappa shape index (κ1) is 16.1. The molecule has 1 fully saturated rings. The van der Waals surface area contributed by atoms with Crippen molar-refractivity contribution in [2.75, 3.05) is 39.3 Å². The Morgan fingerprint density at radius 3 is 2.71 bits per heavy atom. The fourth-order valence-electron chi connectivity index (χ4n) is 2.39. The third-order valence-electron chi connectivity index (χ3n) is 3.56. The van der Waals surface area contributed by atoms with E-state index >= 15 is 0 Å². The molecule has 0 saturated carbocycles. The van der Waals surface area contributed by atoms with E-state index in [2.05, 4.69) is 4.90 Å². The van der Waals surface area contributed by atoms with E-state index in [9.17, 15) is 9.90 Å². The van der Waals surface area contributed by atoms with E-state index < -0.39 is 6.10 Å². The summed E-state index contributed by atoms with van der Waals surface area (Å²) in [6, 6.07) is 7.27. The van der Waals surface area contributed by atoms with E-state index in [1.54, 1.807) is 24.0 Å². The Bertz CT molecular complexity index is 476. The van der Waals surface area contributed by atoms with Crippen molar-refractivity contribution in [1.82, 2.24) is 9.80 Å². The van der Waals surface area contributed by atoms with Gasteiger partial charge in [-0.15, -0.1) is 0 Å². The molecule has 0 aliphatic carbocycles. The van der Waals surface area contributed by atoms with Crippen LogP contribution in [0.3, 0.4) is 0 Å². The van der Waals surface area contributed by atoms with Gasteiger partial charge >= 0.3 is 6.09 Å². The summed E-state index contributed by atoms with van der Waals surface area (Å²) in [5.41, 5.74) is 0.815. The van der Waals surface area contributed by atoms with Gasteiger partial charge in [0.05, 0.1) is 12.7 Å². The zero-order chi connectivity index (χ0) is 15.2. The number of piperazine rings is 1. The number of hydrogen-bond acceptors (Lipinski definition) is 4. The molecule has 1 aliphatic rings. The number of amides is 1. The molecule has 2 rings (SSSR count). The van der Waals surface area contributed by atoms with Crippen LogP contribution in [0.15, 0.2) is 24.3 Å². The molecular weight excluding hydrogens is 292 g/mol. The van der Waals surface area contributed by atoms with Crippen molar-refractivity contribution in [2.24, 2.45) is 0 Å². The van der Waals surface area contributed by atoms with Gasteiger partial charge in [0, 0.05) is 37.7 Å². The lowest BCUT2D eigenvalue weighted by Gasteiger charge is -2.35. The van der Waals surface area contributed by atoms with Crippen LogP contribution in [-0.2, 0) is 4.74 Å². The number of carbonyl (C=O) groups excluding carboxylic acids is 1. The molecule has 6 heteroatoms. The summed E-state index contributed by atoms with van der Waals surface area (Å²) < 4.78 is 4.98. The lowest BCUT2D eigenvalue weighted by Crippen LogP contribution is -2.49. The van der Waals surface area contributed by atoms with Gasteiger partial charge in [-0.25, -0.2) is 4.79 Å². The number of aliphatic hydroxyl groups is 1. The highest BCUT2D eigenvalue weighted by Gasteiger charge is 2.23. The lowest BCUT2D eigenvalue weighted by atomic mass is 10.1. The number of benzene rings is 1. The van der Waals surface area contributed by atoms with Crippen molar-refractivity contribution in [3.05, 3.63) is 34.9 Å². The Morgan fingerprint density at radius 2 is 2.10 bits per heavy atom. The van der Waals surface area contributed by atoms with Crippen LogP contribution < -0.4 is 0 Å². The summed E-state index contributed by atoms with van der Waals surface area (Å²) in [5, 5.41) is 10.9. The molecule has 1 aromatic carbocycles. The normalized spacial score (nSPS) is 17.6. The maximum atomic E-state index is 11.6. The predicted molar refractivity (Wildman–Crippen MR) is 81.4 cm³/mol. The summed E-state index contributed by atoms with van der Waals surface area (Å²) in [4.78, 5) is 15.4. The van der Waals surface area contributed by atoms with Crippen LogP contribution in [0.1, 0.15) is 18.6 Å². The van der Waals surface area contributed by atoms with Crippen molar-refractivity contribution in [3.8, 4) is 0 Å². The first-order valence-corrected chi connectivity index (χ1v) is 7.55. The SMILES string of the molecule is CCOC(=O)N1CCN(C[C@H](O)c2cccc(Cl)c2)CC1. The second-order valence-electron chi connectivity index (χ2n) is 5.06. The molecule has 0 aromatic heterocycles. The third kappa shape index (κ3) is 4.59. The lowest BCUT2D eigenvalue weighted by molar-refractivity contribution is 0.0578. The number of aliphatic hydroxyl groups excluding tert-OH is 1. The van der Waals surface area contributed by atoms with Crippen LogP contribution in [0.5, 0.6) is 0 Å². The molecule has 1 atom stereocenters. The highest BCUT2D eigenvalue weighted by molar-refractivity contribution is 6.30. The molecule has 1 N–H and O–H groups in total. The van der Waals surface area contributed by atoms with Gasteiger partial charge in [-0.3, -0.25) is 4.90 Å². The summed E-state index contributed by atoms with van der Waals surface area (Å²) >= 11 is 5.93. The van der Waals surface area contributed by atoms with Gasteiger partial charge in [-0.05, 0) is 24.6 Å². The van der Waals surface area contributed by atoms with Gasteiger partial charge in [-0.2, -0.15) is 0 Å². The molecule has 1 saturated heterocycles. The van der Waals surface area contributed by atoms with E-state index in [4.69, 9.17) is 16.3 Å². The van der Waals surface area contributed by atoms with Crippen LogP contribution in [-0.4, -0.2) is 60.3 Å². The fourth-order valence-corrected chi connectivity index (χ4v) is 2.59. The van der Waals surface area contributed by atoms with Crippen LogP contribution in [0.4, 0.5) is 4.79 Å². The Labute approximate surface area is 130 Å². The molecule has 0 unspecified atom stereocenters. The highest BCUT2D eigenvalue weighted by Crippen LogP contribution is 2.19. The molecule has 5 nitrogen and oxygen atoms in total. The maximum absolute atomic E-state index is 11.6. The summed E-state index contributed by atoms with van der Waals surface area (Å²) in [7, 11) is 0. The van der Waals surface area contributed by atoms with Gasteiger partial charge in [0.2, 0.25) is 0 Å². The quantitative estimate of drug-likeness (QED) is 0.925. The number of ether oxygens (including phenoxy) is 1. The number of nitrogens with zero attached hydrogens (tertiary/aromatic N) is 2. The topological polar surface area (TPSA) is 53.0 Å². The molecule has 1 aliphatic heterocycles. The first-order chi connectivity index (χ1) is 10.1. The molecule has 1 aromatic rings. The van der Waals surface area contributed by atoms with Gasteiger partial charge in [-0.1, -0.05) is 23.7 Å². The molecular formula is C15H21ClN2O3. The van der Waals surface area contributed by atoms with Crippen LogP contribution in [0.2, 0.25) is 5.02 Å². The highest BCUT2D eigenvalue weighted by atomic mass is 35.5. The summed E-state index contributed by atoms with van der Waals surface area (Å²) in [5.74, 6) is 0. The summed E-state index contributed by atoms with van der Waals surface area (Å²) in [6.45, 7) is 5.45. The van der Waals surface area contributed by atoms with Gasteiger partial charge in [0.25, 0.3) is 0 Å². The van der Waals surface area contributed by atoms with Crippen molar-refractivity contribution < 1.29 is 14.6 Å². The molecule has 1 heterocycles. The average Bonchev–Trinajstić information content (AvgIpc) is 2.48. The number of halogens is 1. The Hall–Kier alpha value is -1.30. The van der Waals surface area contributed by atoms with Gasteiger partial charge < -0.3 is 14.7 Å². The molecule has 1 amide bonds. The monoisotopic (exact) mass is 312 g/mol. The number of β-amino-alcohol motifs (C(OH)–C–C–N with tert-alkyl or cyclic N) is 1. The van der Waals surface area contributed by atoms with Crippen molar-refractivity contribution >= 4 is 17.7 Å². The second kappa shape index (κ2) is 7.64. The minimum Gasteiger partial charge on any atom is -0.450 e. The minimum absolute atomic E-state index is 0.257. The van der Waals surface area contributed by atoms with Gasteiger partial charge in [0.15, 0.2) is 0 Å². The fraction of sp³-hybridized carbons (Fsp3) is 0.533. The smallest absolute Gasteiger partial charge is 0.409 e. The average molecular weight is 313 g/mol. The molecule has 116 valence electrons. The first-order valence-electron chi connectivity index (χ1n) is 7.17. The largest absolute Gasteiger partial charge is 0.450 e. The van der Waals surface area contributed by atoms with Crippen LogP contribution in [0.25, 0.3) is 0 Å². The number of rotatable bonds is 4. The van der Waals surface area contributed by atoms with E-state index in [1.165, 1.54) is 0 Å². The molecule has 21 heavy (non-hydrogen) atoms. The third-order valence-corrected chi connectivity index (χ3v) is 3.80. The van der Waals surface area contributed by atoms with Gasteiger partial charge in [0.1, 0.15) is 0 Å². The van der Waals surface area contributed by atoms with Crippen molar-refractivity contribution in [2.45, 2.75) is 13.0 Å². The zero-order valence-electron chi connectivity index (χ0n) is 12.2. The number of hydrogen-bond donors (Lipinski definition) is 1. The van der Waals surface area contributed by atoms with E-state index in [0.717, 1.165) is 18.7 Å². The van der Waals surface area contributed by atoms with Crippen LogP contribution >= 0.6 is 11.6 Å². The van der Waals surface area contributed by atoms with E-state index in [0.29, 0.717) is 31.3 Å². The zero-order valence-corrected chi connectivity index (χ0v) is 12.9. The number of carbonyl (C=O) groups is 1. The maximum Gasteiger partial charge on any atom is 0.409 e. The summed E-state index contributed by atoms with van der Waals surface area (Å²) in [6.07, 6.45) is -0.828. The Morgan fingerprint density at radius 1 is 1.38 bits per heavy atom.